The minimum absolute atomic E-state index is 0.166. The van der Waals surface area contributed by atoms with Crippen LogP contribution in [0.5, 0.6) is 11.5 Å². The van der Waals surface area contributed by atoms with Gasteiger partial charge in [-0.2, -0.15) is 0 Å². The molecule has 1 N–H and O–H groups in total. The minimum Gasteiger partial charge on any atom is -0.454 e. The Bertz CT molecular complexity index is 638. The average Bonchev–Trinajstić information content (AvgIpc) is 2.89. The van der Waals surface area contributed by atoms with Crippen molar-refractivity contribution in [3.8, 4) is 11.5 Å². The van der Waals surface area contributed by atoms with Gasteiger partial charge in [-0.1, -0.05) is 6.07 Å². The van der Waals surface area contributed by atoms with Crippen molar-refractivity contribution in [1.82, 2.24) is 0 Å². The molecular formula is C14H10F3NO2. The third-order valence-electron chi connectivity index (χ3n) is 2.92. The molecule has 1 aliphatic rings. The Morgan fingerprint density at radius 1 is 0.950 bits per heavy atom. The Morgan fingerprint density at radius 3 is 2.40 bits per heavy atom. The first-order valence-corrected chi connectivity index (χ1v) is 5.90. The van der Waals surface area contributed by atoms with Crippen LogP contribution in [0.15, 0.2) is 30.3 Å². The Hall–Kier alpha value is -2.37. The molecule has 0 unspecified atom stereocenters. The summed E-state index contributed by atoms with van der Waals surface area (Å²) in [5.74, 6) is -2.64. The van der Waals surface area contributed by atoms with Crippen molar-refractivity contribution < 1.29 is 22.6 Å². The summed E-state index contributed by atoms with van der Waals surface area (Å²) in [6.45, 7) is 0.502. The smallest absolute Gasteiger partial charge is 0.231 e. The number of rotatable bonds is 3. The molecule has 0 aliphatic carbocycles. The van der Waals surface area contributed by atoms with Gasteiger partial charge in [0.05, 0.1) is 0 Å². The highest BCUT2D eigenvalue weighted by atomic mass is 19.2. The molecule has 6 heteroatoms. The molecular weight excluding hydrogens is 271 g/mol. The van der Waals surface area contributed by atoms with E-state index in [9.17, 15) is 13.2 Å². The number of anilines is 1. The summed E-state index contributed by atoms with van der Waals surface area (Å²) >= 11 is 0. The fourth-order valence-electron chi connectivity index (χ4n) is 1.91. The van der Waals surface area contributed by atoms with Gasteiger partial charge in [0.25, 0.3) is 0 Å². The SMILES string of the molecule is Fc1cc(NCc2ccc3c(c2)OCO3)cc(F)c1F. The van der Waals surface area contributed by atoms with E-state index in [-0.39, 0.29) is 12.5 Å². The molecule has 0 spiro atoms. The highest BCUT2D eigenvalue weighted by molar-refractivity contribution is 5.48. The summed E-state index contributed by atoms with van der Waals surface area (Å²) in [7, 11) is 0. The van der Waals surface area contributed by atoms with Gasteiger partial charge in [-0.15, -0.1) is 0 Å². The average molecular weight is 281 g/mol. The Kier molecular flexibility index (Phi) is 3.14. The molecule has 1 heterocycles. The molecule has 3 rings (SSSR count). The van der Waals surface area contributed by atoms with Crippen LogP contribution >= 0.6 is 0 Å². The van der Waals surface area contributed by atoms with Gasteiger partial charge in [-0.3, -0.25) is 0 Å². The zero-order valence-corrected chi connectivity index (χ0v) is 10.3. The fourth-order valence-corrected chi connectivity index (χ4v) is 1.91. The Labute approximate surface area is 112 Å². The molecule has 0 radical (unpaired) electrons. The van der Waals surface area contributed by atoms with E-state index < -0.39 is 17.5 Å². The maximum atomic E-state index is 13.1. The van der Waals surface area contributed by atoms with Crippen molar-refractivity contribution in [3.63, 3.8) is 0 Å². The van der Waals surface area contributed by atoms with Crippen molar-refractivity contribution >= 4 is 5.69 Å². The molecule has 0 saturated heterocycles. The first kappa shape index (κ1) is 12.7. The van der Waals surface area contributed by atoms with E-state index >= 15 is 0 Å². The van der Waals surface area contributed by atoms with Gasteiger partial charge in [0, 0.05) is 24.4 Å². The van der Waals surface area contributed by atoms with Crippen molar-refractivity contribution in [2.75, 3.05) is 12.1 Å². The number of benzene rings is 2. The second-order valence-corrected chi connectivity index (χ2v) is 4.30. The van der Waals surface area contributed by atoms with Gasteiger partial charge < -0.3 is 14.8 Å². The molecule has 1 aliphatic heterocycles. The van der Waals surface area contributed by atoms with Crippen LogP contribution in [0.1, 0.15) is 5.56 Å². The van der Waals surface area contributed by atoms with Gasteiger partial charge in [-0.05, 0) is 17.7 Å². The van der Waals surface area contributed by atoms with E-state index in [1.54, 1.807) is 18.2 Å². The molecule has 2 aromatic rings. The van der Waals surface area contributed by atoms with E-state index in [2.05, 4.69) is 5.32 Å². The number of halogens is 3. The first-order chi connectivity index (χ1) is 9.63. The minimum atomic E-state index is -1.47. The lowest BCUT2D eigenvalue weighted by Crippen LogP contribution is -2.02. The van der Waals surface area contributed by atoms with Crippen LogP contribution in [-0.4, -0.2) is 6.79 Å². The lowest BCUT2D eigenvalue weighted by Gasteiger charge is -2.08. The molecule has 3 nitrogen and oxygen atoms in total. The van der Waals surface area contributed by atoms with Crippen LogP contribution in [0.25, 0.3) is 0 Å². The van der Waals surface area contributed by atoms with Crippen LogP contribution < -0.4 is 14.8 Å². The third-order valence-corrected chi connectivity index (χ3v) is 2.92. The fraction of sp³-hybridized carbons (Fsp3) is 0.143. The molecule has 2 aromatic carbocycles. The molecule has 0 amide bonds. The predicted molar refractivity (Wildman–Crippen MR) is 66.2 cm³/mol. The first-order valence-electron chi connectivity index (χ1n) is 5.90. The van der Waals surface area contributed by atoms with E-state index in [0.29, 0.717) is 18.0 Å². The molecule has 0 aromatic heterocycles. The summed E-state index contributed by atoms with van der Waals surface area (Å²) in [5, 5.41) is 2.82. The number of hydrogen-bond acceptors (Lipinski definition) is 3. The van der Waals surface area contributed by atoms with Gasteiger partial charge >= 0.3 is 0 Å². The lowest BCUT2D eigenvalue weighted by atomic mass is 10.2. The van der Waals surface area contributed by atoms with E-state index in [1.165, 1.54) is 0 Å². The van der Waals surface area contributed by atoms with Crippen LogP contribution in [0.2, 0.25) is 0 Å². The Balaban J connectivity index is 1.73. The molecule has 0 saturated carbocycles. The zero-order chi connectivity index (χ0) is 14.1. The summed E-state index contributed by atoms with van der Waals surface area (Å²) in [6, 6.07) is 7.14. The Morgan fingerprint density at radius 2 is 1.65 bits per heavy atom. The summed E-state index contributed by atoms with van der Waals surface area (Å²) in [4.78, 5) is 0. The van der Waals surface area contributed by atoms with Crippen LogP contribution in [0.3, 0.4) is 0 Å². The van der Waals surface area contributed by atoms with Gasteiger partial charge in [0.15, 0.2) is 29.0 Å². The molecule has 0 bridgehead atoms. The highest BCUT2D eigenvalue weighted by Crippen LogP contribution is 2.32. The predicted octanol–water partition coefficient (Wildman–Crippen LogP) is 3.44. The third kappa shape index (κ3) is 2.36. The number of fused-ring (bicyclic) bond motifs is 1. The summed E-state index contributed by atoms with van der Waals surface area (Å²) < 4.78 is 49.3. The van der Waals surface area contributed by atoms with Crippen LogP contribution in [0, 0.1) is 17.5 Å². The molecule has 0 atom stereocenters. The molecule has 104 valence electrons. The summed E-state index contributed by atoms with van der Waals surface area (Å²) in [5.41, 5.74) is 1.01. The maximum absolute atomic E-state index is 13.1. The van der Waals surface area contributed by atoms with E-state index in [4.69, 9.17) is 9.47 Å². The maximum Gasteiger partial charge on any atom is 0.231 e. The number of nitrogens with one attached hydrogen (secondary N) is 1. The summed E-state index contributed by atoms with van der Waals surface area (Å²) in [6.07, 6.45) is 0. The van der Waals surface area contributed by atoms with Crippen LogP contribution in [-0.2, 0) is 6.54 Å². The van der Waals surface area contributed by atoms with Gasteiger partial charge in [-0.25, -0.2) is 13.2 Å². The highest BCUT2D eigenvalue weighted by Gasteiger charge is 2.14. The molecule has 20 heavy (non-hydrogen) atoms. The number of hydrogen-bond donors (Lipinski definition) is 1. The number of ether oxygens (including phenoxy) is 2. The van der Waals surface area contributed by atoms with Crippen LogP contribution in [0.4, 0.5) is 18.9 Å². The van der Waals surface area contributed by atoms with E-state index in [1.807, 2.05) is 0 Å². The quantitative estimate of drug-likeness (QED) is 0.874. The van der Waals surface area contributed by atoms with E-state index in [0.717, 1.165) is 17.7 Å². The second kappa shape index (κ2) is 4.96. The second-order valence-electron chi connectivity index (χ2n) is 4.30. The zero-order valence-electron chi connectivity index (χ0n) is 10.3. The standard InChI is InChI=1S/C14H10F3NO2/c15-10-4-9(5-11(16)14(10)17)18-6-8-1-2-12-13(3-8)20-7-19-12/h1-5,18H,6-7H2. The van der Waals surface area contributed by atoms with Crippen molar-refractivity contribution in [1.29, 1.82) is 0 Å². The van der Waals surface area contributed by atoms with Crippen molar-refractivity contribution in [2.45, 2.75) is 6.54 Å². The largest absolute Gasteiger partial charge is 0.454 e. The van der Waals surface area contributed by atoms with Gasteiger partial charge in [0.1, 0.15) is 0 Å². The molecule has 0 fully saturated rings. The monoisotopic (exact) mass is 281 g/mol. The normalized spacial score (nSPS) is 12.6. The topological polar surface area (TPSA) is 30.5 Å². The van der Waals surface area contributed by atoms with Crippen molar-refractivity contribution in [3.05, 3.63) is 53.3 Å². The van der Waals surface area contributed by atoms with Crippen molar-refractivity contribution in [2.24, 2.45) is 0 Å². The van der Waals surface area contributed by atoms with Gasteiger partial charge in [0.2, 0.25) is 6.79 Å². The lowest BCUT2D eigenvalue weighted by molar-refractivity contribution is 0.174.